The van der Waals surface area contributed by atoms with Crippen LogP contribution >= 0.6 is 0 Å². The number of aromatic hydroxyl groups is 1. The normalized spacial score (nSPS) is 29.0. The number of phenolic OH excluding ortho intramolecular Hbond substituents is 1. The summed E-state index contributed by atoms with van der Waals surface area (Å²) in [6, 6.07) is 1.27. The van der Waals surface area contributed by atoms with Crippen LogP contribution in [-0.2, 0) is 20.8 Å². The molecule has 1 fully saturated rings. The standard InChI is InChI=1S/C22H23N3O8/c1-25(2)15-10-6-7-5-9-8(20(23)31)3-4-11(26)13(9)16(27)12(7)18(29)22(10,33)19(30)14(17(15)28)21(24)32/h3-4,7,10,15,26-27,30,33H,5-6H2,1-2H3,(H2,23,31)(H2,24,32)/t7-,10-,15-,22-/m1/s1. The van der Waals surface area contributed by atoms with E-state index in [4.69, 9.17) is 11.5 Å². The molecule has 0 heterocycles. The van der Waals surface area contributed by atoms with Gasteiger partial charge in [-0.15, -0.1) is 0 Å². The number of hydrogen-bond acceptors (Lipinski definition) is 9. The van der Waals surface area contributed by atoms with Gasteiger partial charge in [0.1, 0.15) is 22.8 Å². The van der Waals surface area contributed by atoms with E-state index >= 15 is 0 Å². The number of Topliss-reactive ketones (excluding diaryl/α,β-unsaturated/α-hetero) is 2. The monoisotopic (exact) mass is 457 g/mol. The molecule has 11 nitrogen and oxygen atoms in total. The number of hydrogen-bond donors (Lipinski definition) is 6. The summed E-state index contributed by atoms with van der Waals surface area (Å²) < 4.78 is 0. The fourth-order valence-corrected chi connectivity index (χ4v) is 5.47. The van der Waals surface area contributed by atoms with Gasteiger partial charge in [-0.2, -0.15) is 0 Å². The number of phenols is 1. The van der Waals surface area contributed by atoms with Crippen LogP contribution in [0.1, 0.15) is 27.9 Å². The van der Waals surface area contributed by atoms with Crippen LogP contribution in [0.5, 0.6) is 5.75 Å². The van der Waals surface area contributed by atoms with Crippen molar-refractivity contribution < 1.29 is 39.6 Å². The van der Waals surface area contributed by atoms with Gasteiger partial charge in [0.05, 0.1) is 11.6 Å². The number of carbonyl (C=O) groups is 4. The molecule has 3 aliphatic rings. The minimum atomic E-state index is -2.71. The smallest absolute Gasteiger partial charge is 0.255 e. The number of rotatable bonds is 3. The Hall–Kier alpha value is -3.70. The van der Waals surface area contributed by atoms with Gasteiger partial charge in [0.2, 0.25) is 11.7 Å². The molecule has 0 spiro atoms. The highest BCUT2D eigenvalue weighted by atomic mass is 16.3. The first-order chi connectivity index (χ1) is 15.3. The molecule has 33 heavy (non-hydrogen) atoms. The van der Waals surface area contributed by atoms with Gasteiger partial charge in [0, 0.05) is 17.1 Å². The Morgan fingerprint density at radius 1 is 1.09 bits per heavy atom. The molecule has 0 aromatic heterocycles. The van der Waals surface area contributed by atoms with E-state index in [2.05, 4.69) is 0 Å². The highest BCUT2D eigenvalue weighted by Gasteiger charge is 2.64. The Morgan fingerprint density at radius 3 is 2.27 bits per heavy atom. The summed E-state index contributed by atoms with van der Waals surface area (Å²) in [5.41, 5.74) is 6.92. The maximum Gasteiger partial charge on any atom is 0.255 e. The SMILES string of the molecule is CN(C)[C@H]1C(=O)C(C(N)=O)=C(O)[C@]2(O)C(=O)C3=C(O)c4c(O)ccc(C(N)=O)c4C[C@@H]3C[C@H]12. The van der Waals surface area contributed by atoms with E-state index in [1.165, 1.54) is 25.1 Å². The molecule has 2 amide bonds. The zero-order valence-electron chi connectivity index (χ0n) is 17.8. The molecule has 1 saturated carbocycles. The number of benzene rings is 1. The van der Waals surface area contributed by atoms with Crippen molar-refractivity contribution in [3.8, 4) is 5.75 Å². The topological polar surface area (TPSA) is 204 Å². The van der Waals surface area contributed by atoms with E-state index in [0.29, 0.717) is 0 Å². The quantitative estimate of drug-likeness (QED) is 0.309. The molecule has 11 heteroatoms. The van der Waals surface area contributed by atoms with E-state index in [1.54, 1.807) is 0 Å². The number of aliphatic hydroxyl groups is 3. The summed E-state index contributed by atoms with van der Waals surface area (Å²) in [5.74, 6) is -8.27. The van der Waals surface area contributed by atoms with Crippen molar-refractivity contribution in [1.29, 1.82) is 0 Å². The first-order valence-electron chi connectivity index (χ1n) is 10.1. The molecule has 174 valence electrons. The molecule has 0 radical (unpaired) electrons. The van der Waals surface area contributed by atoms with Crippen molar-refractivity contribution in [1.82, 2.24) is 4.90 Å². The number of primary amides is 2. The van der Waals surface area contributed by atoms with Crippen LogP contribution < -0.4 is 11.5 Å². The second kappa shape index (κ2) is 7.15. The Balaban J connectivity index is 2.00. The predicted molar refractivity (Wildman–Crippen MR) is 113 cm³/mol. The minimum absolute atomic E-state index is 0.00120. The Bertz CT molecular complexity index is 1210. The third-order valence-corrected chi connectivity index (χ3v) is 6.87. The second-order valence-electron chi connectivity index (χ2n) is 8.81. The zero-order valence-corrected chi connectivity index (χ0v) is 17.8. The fourth-order valence-electron chi connectivity index (χ4n) is 5.47. The van der Waals surface area contributed by atoms with Gasteiger partial charge in [-0.05, 0) is 50.6 Å². The van der Waals surface area contributed by atoms with E-state index in [9.17, 15) is 39.6 Å². The number of nitrogens with zero attached hydrogens (tertiary/aromatic N) is 1. The molecule has 0 aliphatic heterocycles. The minimum Gasteiger partial charge on any atom is -0.508 e. The Kier molecular flexibility index (Phi) is 4.88. The average molecular weight is 457 g/mol. The molecule has 1 aromatic rings. The van der Waals surface area contributed by atoms with Gasteiger partial charge in [0.15, 0.2) is 11.4 Å². The summed E-state index contributed by atoms with van der Waals surface area (Å²) >= 11 is 0. The molecule has 4 atom stereocenters. The van der Waals surface area contributed by atoms with Crippen LogP contribution in [0.4, 0.5) is 0 Å². The lowest BCUT2D eigenvalue weighted by Crippen LogP contribution is -2.65. The first-order valence-corrected chi connectivity index (χ1v) is 10.1. The van der Waals surface area contributed by atoms with Crippen LogP contribution in [-0.4, -0.2) is 74.4 Å². The molecule has 0 unspecified atom stereocenters. The third kappa shape index (κ3) is 2.82. The molecular formula is C22H23N3O8. The molecule has 0 bridgehead atoms. The van der Waals surface area contributed by atoms with Gasteiger partial charge in [-0.25, -0.2) is 0 Å². The third-order valence-electron chi connectivity index (χ3n) is 6.87. The lowest BCUT2D eigenvalue weighted by atomic mass is 9.57. The summed E-state index contributed by atoms with van der Waals surface area (Å²) in [4.78, 5) is 51.9. The van der Waals surface area contributed by atoms with Crippen molar-refractivity contribution >= 4 is 29.1 Å². The van der Waals surface area contributed by atoms with E-state index < -0.39 is 69.7 Å². The van der Waals surface area contributed by atoms with Crippen LogP contribution in [0.15, 0.2) is 29.0 Å². The number of fused-ring (bicyclic) bond motifs is 3. The van der Waals surface area contributed by atoms with Crippen LogP contribution in [0.25, 0.3) is 5.76 Å². The van der Waals surface area contributed by atoms with Crippen LogP contribution in [0, 0.1) is 11.8 Å². The van der Waals surface area contributed by atoms with E-state index in [1.807, 2.05) is 0 Å². The van der Waals surface area contributed by atoms with Crippen LogP contribution in [0.2, 0.25) is 0 Å². The van der Waals surface area contributed by atoms with Gasteiger partial charge >= 0.3 is 0 Å². The van der Waals surface area contributed by atoms with Crippen molar-refractivity contribution in [2.24, 2.45) is 23.3 Å². The number of carbonyl (C=O) groups excluding carboxylic acids is 4. The number of aliphatic hydroxyl groups excluding tert-OH is 2. The lowest BCUT2D eigenvalue weighted by Gasteiger charge is -2.50. The molecule has 8 N–H and O–H groups in total. The molecule has 1 aromatic carbocycles. The zero-order chi connectivity index (χ0) is 24.6. The average Bonchev–Trinajstić information content (AvgIpc) is 2.70. The number of amides is 2. The highest BCUT2D eigenvalue weighted by Crippen LogP contribution is 2.52. The molecule has 3 aliphatic carbocycles. The Morgan fingerprint density at radius 2 is 1.73 bits per heavy atom. The van der Waals surface area contributed by atoms with Gasteiger partial charge in [0.25, 0.3) is 5.91 Å². The van der Waals surface area contributed by atoms with Gasteiger partial charge in [-0.3, -0.25) is 24.1 Å². The summed E-state index contributed by atoms with van der Waals surface area (Å²) in [7, 11) is 3.02. The van der Waals surface area contributed by atoms with E-state index in [-0.39, 0.29) is 35.1 Å². The lowest BCUT2D eigenvalue weighted by molar-refractivity contribution is -0.153. The molecule has 4 rings (SSSR count). The first kappa shape index (κ1) is 22.5. The van der Waals surface area contributed by atoms with Gasteiger partial charge < -0.3 is 31.9 Å². The van der Waals surface area contributed by atoms with Crippen molar-refractivity contribution in [2.45, 2.75) is 24.5 Å². The fraction of sp³-hybridized carbons (Fsp3) is 0.364. The second-order valence-corrected chi connectivity index (χ2v) is 8.81. The highest BCUT2D eigenvalue weighted by molar-refractivity contribution is 6.24. The predicted octanol–water partition coefficient (Wildman–Crippen LogP) is -0.937. The molecular weight excluding hydrogens is 434 g/mol. The van der Waals surface area contributed by atoms with Crippen molar-refractivity contribution in [3.63, 3.8) is 0 Å². The van der Waals surface area contributed by atoms with Crippen molar-refractivity contribution in [2.75, 3.05) is 14.1 Å². The largest absolute Gasteiger partial charge is 0.508 e. The summed E-state index contributed by atoms with van der Waals surface area (Å²) in [6.07, 6.45) is -0.0686. The van der Waals surface area contributed by atoms with Gasteiger partial charge in [-0.1, -0.05) is 0 Å². The number of nitrogens with two attached hydrogens (primary N) is 2. The van der Waals surface area contributed by atoms with E-state index in [0.717, 1.165) is 6.07 Å². The van der Waals surface area contributed by atoms with Crippen LogP contribution in [0.3, 0.4) is 0 Å². The number of likely N-dealkylation sites (N-methyl/N-ethyl adjacent to an activating group) is 1. The number of ketones is 2. The summed E-state index contributed by atoms with van der Waals surface area (Å²) in [5, 5.41) is 43.5. The summed E-state index contributed by atoms with van der Waals surface area (Å²) in [6.45, 7) is 0. The maximum absolute atomic E-state index is 13.6. The maximum atomic E-state index is 13.6. The molecule has 0 saturated heterocycles. The Labute approximate surface area is 187 Å². The van der Waals surface area contributed by atoms with Crippen molar-refractivity contribution in [3.05, 3.63) is 45.7 Å².